The monoisotopic (exact) mass is 259 g/mol. The number of hydrogen-bond acceptors (Lipinski definition) is 2. The predicted molar refractivity (Wildman–Crippen MR) is 63.0 cm³/mol. The van der Waals surface area contributed by atoms with Crippen LogP contribution in [0.1, 0.15) is 16.8 Å². The SMILES string of the molecule is O=C(c1ccc(Cl)c(Cl)c1)N1CCC(O)C1. The highest BCUT2D eigenvalue weighted by Crippen LogP contribution is 2.24. The normalized spacial score (nSPS) is 20.2. The van der Waals surface area contributed by atoms with Crippen LogP contribution in [0.4, 0.5) is 0 Å². The zero-order chi connectivity index (χ0) is 11.7. The Bertz CT molecular complexity index is 422. The second-order valence-electron chi connectivity index (χ2n) is 3.82. The van der Waals surface area contributed by atoms with Gasteiger partial charge in [-0.3, -0.25) is 4.79 Å². The fourth-order valence-electron chi connectivity index (χ4n) is 1.74. The lowest BCUT2D eigenvalue weighted by Crippen LogP contribution is -2.29. The minimum atomic E-state index is -0.410. The van der Waals surface area contributed by atoms with Gasteiger partial charge in [0.1, 0.15) is 0 Å². The zero-order valence-corrected chi connectivity index (χ0v) is 10.0. The highest BCUT2D eigenvalue weighted by Gasteiger charge is 2.25. The number of carbonyl (C=O) groups excluding carboxylic acids is 1. The van der Waals surface area contributed by atoms with Crippen molar-refractivity contribution in [1.82, 2.24) is 4.90 Å². The third-order valence-electron chi connectivity index (χ3n) is 2.62. The summed E-state index contributed by atoms with van der Waals surface area (Å²) in [6.07, 6.45) is 0.222. The molecule has 0 bridgehead atoms. The topological polar surface area (TPSA) is 40.5 Å². The maximum Gasteiger partial charge on any atom is 0.253 e. The van der Waals surface area contributed by atoms with Gasteiger partial charge in [-0.1, -0.05) is 23.2 Å². The number of aliphatic hydroxyl groups is 1. The van der Waals surface area contributed by atoms with Crippen molar-refractivity contribution >= 4 is 29.1 Å². The molecular formula is C11H11Cl2NO2. The number of β-amino-alcohol motifs (C(OH)–C–C–N with tert-alkyl or cyclic N) is 1. The second-order valence-corrected chi connectivity index (χ2v) is 4.64. The van der Waals surface area contributed by atoms with Gasteiger partial charge in [-0.25, -0.2) is 0 Å². The molecule has 0 spiro atoms. The number of benzene rings is 1. The quantitative estimate of drug-likeness (QED) is 0.840. The molecule has 0 saturated carbocycles. The van der Waals surface area contributed by atoms with Crippen molar-refractivity contribution in [3.8, 4) is 0 Å². The molecule has 1 fully saturated rings. The average molecular weight is 260 g/mol. The number of aliphatic hydroxyl groups excluding tert-OH is 1. The summed E-state index contributed by atoms with van der Waals surface area (Å²) < 4.78 is 0. The van der Waals surface area contributed by atoms with Gasteiger partial charge in [0.15, 0.2) is 0 Å². The number of halogens is 2. The van der Waals surface area contributed by atoms with E-state index in [1.165, 1.54) is 0 Å². The van der Waals surface area contributed by atoms with Gasteiger partial charge in [-0.2, -0.15) is 0 Å². The van der Waals surface area contributed by atoms with Gasteiger partial charge in [0.2, 0.25) is 0 Å². The fourth-order valence-corrected chi connectivity index (χ4v) is 2.04. The minimum Gasteiger partial charge on any atom is -0.391 e. The molecule has 1 saturated heterocycles. The summed E-state index contributed by atoms with van der Waals surface area (Å²) in [6, 6.07) is 4.79. The molecule has 1 atom stereocenters. The zero-order valence-electron chi connectivity index (χ0n) is 8.49. The van der Waals surface area contributed by atoms with E-state index in [4.69, 9.17) is 23.2 Å². The Kier molecular flexibility index (Phi) is 3.38. The largest absolute Gasteiger partial charge is 0.391 e. The van der Waals surface area contributed by atoms with Gasteiger partial charge in [0, 0.05) is 18.7 Å². The van der Waals surface area contributed by atoms with Gasteiger partial charge in [0.25, 0.3) is 5.91 Å². The Morgan fingerprint density at radius 2 is 2.12 bits per heavy atom. The smallest absolute Gasteiger partial charge is 0.253 e. The molecule has 2 rings (SSSR count). The summed E-state index contributed by atoms with van der Waals surface area (Å²) in [7, 11) is 0. The molecule has 1 aliphatic rings. The van der Waals surface area contributed by atoms with Crippen LogP contribution >= 0.6 is 23.2 Å². The van der Waals surface area contributed by atoms with Gasteiger partial charge in [-0.15, -0.1) is 0 Å². The van der Waals surface area contributed by atoms with E-state index in [-0.39, 0.29) is 5.91 Å². The molecule has 86 valence electrons. The molecule has 16 heavy (non-hydrogen) atoms. The van der Waals surface area contributed by atoms with Crippen LogP contribution < -0.4 is 0 Å². The highest BCUT2D eigenvalue weighted by atomic mass is 35.5. The van der Waals surface area contributed by atoms with Crippen molar-refractivity contribution in [2.45, 2.75) is 12.5 Å². The Morgan fingerprint density at radius 1 is 1.38 bits per heavy atom. The van der Waals surface area contributed by atoms with Crippen molar-refractivity contribution in [2.75, 3.05) is 13.1 Å². The lowest BCUT2D eigenvalue weighted by atomic mass is 10.2. The van der Waals surface area contributed by atoms with Crippen LogP contribution in [0, 0.1) is 0 Å². The van der Waals surface area contributed by atoms with Crippen LogP contribution in [0.5, 0.6) is 0 Å². The fraction of sp³-hybridized carbons (Fsp3) is 0.364. The third kappa shape index (κ3) is 2.32. The highest BCUT2D eigenvalue weighted by molar-refractivity contribution is 6.42. The molecule has 3 nitrogen and oxygen atoms in total. The average Bonchev–Trinajstić information content (AvgIpc) is 2.68. The molecule has 1 aromatic carbocycles. The Balaban J connectivity index is 2.18. The Morgan fingerprint density at radius 3 is 2.69 bits per heavy atom. The van der Waals surface area contributed by atoms with Crippen LogP contribution in [0.15, 0.2) is 18.2 Å². The first-order chi connectivity index (χ1) is 7.58. The van der Waals surface area contributed by atoms with Crippen molar-refractivity contribution in [3.63, 3.8) is 0 Å². The Labute approximate surface area is 104 Å². The number of amides is 1. The van der Waals surface area contributed by atoms with E-state index in [9.17, 15) is 9.90 Å². The molecule has 1 aromatic rings. The van der Waals surface area contributed by atoms with E-state index in [2.05, 4.69) is 0 Å². The maximum absolute atomic E-state index is 12.0. The minimum absolute atomic E-state index is 0.116. The first-order valence-electron chi connectivity index (χ1n) is 5.00. The van der Waals surface area contributed by atoms with Gasteiger partial charge in [-0.05, 0) is 24.6 Å². The van der Waals surface area contributed by atoms with E-state index in [1.54, 1.807) is 23.1 Å². The number of likely N-dealkylation sites (tertiary alicyclic amines) is 1. The van der Waals surface area contributed by atoms with Gasteiger partial charge < -0.3 is 10.0 Å². The van der Waals surface area contributed by atoms with Crippen LogP contribution in [0.3, 0.4) is 0 Å². The van der Waals surface area contributed by atoms with Crippen molar-refractivity contribution in [1.29, 1.82) is 0 Å². The number of rotatable bonds is 1. The number of carbonyl (C=O) groups is 1. The molecule has 1 amide bonds. The summed E-state index contributed by atoms with van der Waals surface area (Å²) in [4.78, 5) is 13.6. The van der Waals surface area contributed by atoms with Crippen molar-refractivity contribution in [2.24, 2.45) is 0 Å². The van der Waals surface area contributed by atoms with Gasteiger partial charge >= 0.3 is 0 Å². The predicted octanol–water partition coefficient (Wildman–Crippen LogP) is 2.20. The summed E-state index contributed by atoms with van der Waals surface area (Å²) >= 11 is 11.6. The number of hydrogen-bond donors (Lipinski definition) is 1. The maximum atomic E-state index is 12.0. The summed E-state index contributed by atoms with van der Waals surface area (Å²) in [5.41, 5.74) is 0.503. The molecule has 1 unspecified atom stereocenters. The Hall–Kier alpha value is -0.770. The lowest BCUT2D eigenvalue weighted by Gasteiger charge is -2.15. The summed E-state index contributed by atoms with van der Waals surface area (Å²) in [6.45, 7) is 0.972. The molecule has 5 heteroatoms. The van der Waals surface area contributed by atoms with E-state index >= 15 is 0 Å². The van der Waals surface area contributed by atoms with E-state index in [1.807, 2.05) is 0 Å². The number of nitrogens with zero attached hydrogens (tertiary/aromatic N) is 1. The van der Waals surface area contributed by atoms with Crippen LogP contribution in [0.2, 0.25) is 10.0 Å². The van der Waals surface area contributed by atoms with Gasteiger partial charge in [0.05, 0.1) is 16.1 Å². The second kappa shape index (κ2) is 4.62. The van der Waals surface area contributed by atoms with E-state index < -0.39 is 6.10 Å². The third-order valence-corrected chi connectivity index (χ3v) is 3.36. The van der Waals surface area contributed by atoms with E-state index in [0.717, 1.165) is 0 Å². The van der Waals surface area contributed by atoms with Crippen molar-refractivity contribution in [3.05, 3.63) is 33.8 Å². The summed E-state index contributed by atoms with van der Waals surface area (Å²) in [5, 5.41) is 10.2. The van der Waals surface area contributed by atoms with Crippen molar-refractivity contribution < 1.29 is 9.90 Å². The first kappa shape index (κ1) is 11.7. The molecule has 1 aliphatic heterocycles. The molecule has 1 N–H and O–H groups in total. The molecule has 0 radical (unpaired) electrons. The molecule has 0 aromatic heterocycles. The molecule has 1 heterocycles. The van der Waals surface area contributed by atoms with Crippen LogP contribution in [-0.2, 0) is 0 Å². The standard InChI is InChI=1S/C11H11Cl2NO2/c12-9-2-1-7(5-10(9)13)11(16)14-4-3-8(15)6-14/h1-2,5,8,15H,3-4,6H2. The van der Waals surface area contributed by atoms with Crippen LogP contribution in [0.25, 0.3) is 0 Å². The first-order valence-corrected chi connectivity index (χ1v) is 5.76. The van der Waals surface area contributed by atoms with E-state index in [0.29, 0.717) is 35.1 Å². The summed E-state index contributed by atoms with van der Waals surface area (Å²) in [5.74, 6) is -0.116. The van der Waals surface area contributed by atoms with Crippen LogP contribution in [-0.4, -0.2) is 35.1 Å². The lowest BCUT2D eigenvalue weighted by molar-refractivity contribution is 0.0765. The molecule has 0 aliphatic carbocycles. The molecular weight excluding hydrogens is 249 g/mol.